The average Bonchev–Trinajstić information content (AvgIpc) is 2.48. The van der Waals surface area contributed by atoms with Gasteiger partial charge in [0.15, 0.2) is 0 Å². The molecule has 1 aliphatic rings. The summed E-state index contributed by atoms with van der Waals surface area (Å²) >= 11 is 0. The minimum atomic E-state index is -0.860. The van der Waals surface area contributed by atoms with Crippen molar-refractivity contribution in [3.8, 4) is 0 Å². The number of carbonyl (C=O) groups is 1. The molecule has 1 saturated heterocycles. The number of rotatable bonds is 4. The van der Waals surface area contributed by atoms with Gasteiger partial charge in [-0.15, -0.1) is 0 Å². The number of aliphatic hydroxyl groups is 2. The van der Waals surface area contributed by atoms with Gasteiger partial charge in [0.25, 0.3) is 0 Å². The van der Waals surface area contributed by atoms with Crippen molar-refractivity contribution in [2.24, 2.45) is 0 Å². The molecule has 0 saturated carbocycles. The largest absolute Gasteiger partial charge is 0.394 e. The number of aliphatic hydroxyl groups excluding tert-OH is 2. The number of hydrogen-bond donors (Lipinski definition) is 3. The molecule has 82 valence electrons. The lowest BCUT2D eigenvalue weighted by molar-refractivity contribution is -0.126. The average molecular weight is 205 g/mol. The van der Waals surface area contributed by atoms with Crippen molar-refractivity contribution in [2.75, 3.05) is 26.9 Å². The molecule has 6 nitrogen and oxygen atoms in total. The first-order valence-corrected chi connectivity index (χ1v) is 4.38. The molecule has 6 heteroatoms. The monoisotopic (exact) mass is 205 g/mol. The van der Waals surface area contributed by atoms with E-state index in [1.807, 2.05) is 0 Å². The molecule has 1 amide bonds. The van der Waals surface area contributed by atoms with Crippen LogP contribution in [0.2, 0.25) is 0 Å². The van der Waals surface area contributed by atoms with Crippen LogP contribution in [0.4, 0.5) is 0 Å². The highest BCUT2D eigenvalue weighted by molar-refractivity contribution is 5.77. The number of amides is 1. The molecule has 0 radical (unpaired) electrons. The molecule has 1 heterocycles. The van der Waals surface area contributed by atoms with Crippen LogP contribution in [0.5, 0.6) is 0 Å². The Labute approximate surface area is 81.8 Å². The second-order valence-corrected chi connectivity index (χ2v) is 3.15. The van der Waals surface area contributed by atoms with Gasteiger partial charge in [-0.25, -0.2) is 0 Å². The highest BCUT2D eigenvalue weighted by Crippen LogP contribution is 2.13. The molecule has 0 aliphatic carbocycles. The Kier molecular flexibility index (Phi) is 4.27. The minimum Gasteiger partial charge on any atom is -0.394 e. The van der Waals surface area contributed by atoms with Crippen LogP contribution >= 0.6 is 0 Å². The summed E-state index contributed by atoms with van der Waals surface area (Å²) in [6.07, 6.45) is -1.47. The van der Waals surface area contributed by atoms with Gasteiger partial charge in [-0.3, -0.25) is 4.79 Å². The quantitative estimate of drug-likeness (QED) is 0.488. The molecule has 1 rings (SSSR count). The Balaban J connectivity index is 2.36. The van der Waals surface area contributed by atoms with E-state index in [0.717, 1.165) is 0 Å². The molecule has 3 atom stereocenters. The van der Waals surface area contributed by atoms with Crippen molar-refractivity contribution >= 4 is 5.91 Å². The lowest BCUT2D eigenvalue weighted by Gasteiger charge is -2.16. The molecule has 0 aromatic rings. The van der Waals surface area contributed by atoms with Crippen molar-refractivity contribution in [1.29, 1.82) is 0 Å². The minimum absolute atomic E-state index is 0.0486. The third kappa shape index (κ3) is 2.65. The van der Waals surface area contributed by atoms with E-state index in [9.17, 15) is 9.90 Å². The van der Waals surface area contributed by atoms with E-state index < -0.39 is 18.2 Å². The third-order valence-electron chi connectivity index (χ3n) is 2.08. The van der Waals surface area contributed by atoms with Gasteiger partial charge in [0, 0.05) is 7.11 Å². The smallest absolute Gasteiger partial charge is 0.246 e. The van der Waals surface area contributed by atoms with Gasteiger partial charge >= 0.3 is 0 Å². The van der Waals surface area contributed by atoms with Crippen molar-refractivity contribution in [3.05, 3.63) is 0 Å². The fraction of sp³-hybridized carbons (Fsp3) is 0.875. The maximum atomic E-state index is 11.1. The summed E-state index contributed by atoms with van der Waals surface area (Å²) in [6, 6.07) is -0.463. The molecule has 1 aliphatic heterocycles. The van der Waals surface area contributed by atoms with Crippen LogP contribution in [-0.4, -0.2) is 61.3 Å². The highest BCUT2D eigenvalue weighted by Gasteiger charge is 2.36. The van der Waals surface area contributed by atoms with Crippen molar-refractivity contribution < 1.29 is 24.5 Å². The predicted octanol–water partition coefficient (Wildman–Crippen LogP) is -2.13. The Morgan fingerprint density at radius 3 is 2.93 bits per heavy atom. The molecule has 3 N–H and O–H groups in total. The Hall–Kier alpha value is -0.690. The van der Waals surface area contributed by atoms with Crippen LogP contribution in [0.15, 0.2) is 0 Å². The Morgan fingerprint density at radius 1 is 1.71 bits per heavy atom. The van der Waals surface area contributed by atoms with Crippen LogP contribution in [0.25, 0.3) is 0 Å². The van der Waals surface area contributed by atoms with Crippen LogP contribution < -0.4 is 5.32 Å². The van der Waals surface area contributed by atoms with E-state index in [4.69, 9.17) is 9.84 Å². The summed E-state index contributed by atoms with van der Waals surface area (Å²) in [5.74, 6) is -0.307. The second kappa shape index (κ2) is 5.26. The normalized spacial score (nSPS) is 31.8. The molecule has 0 unspecified atom stereocenters. The summed E-state index contributed by atoms with van der Waals surface area (Å²) in [7, 11) is 1.41. The van der Waals surface area contributed by atoms with Crippen molar-refractivity contribution in [1.82, 2.24) is 5.32 Å². The van der Waals surface area contributed by atoms with Gasteiger partial charge in [0.05, 0.1) is 19.3 Å². The van der Waals surface area contributed by atoms with E-state index in [1.165, 1.54) is 7.11 Å². The molecule has 0 bridgehead atoms. The topological polar surface area (TPSA) is 88.0 Å². The SMILES string of the molecule is COCC(=O)N[C@H]1CO[C@H](CO)[C@H]1O. The van der Waals surface area contributed by atoms with Gasteiger partial charge in [0.1, 0.15) is 18.8 Å². The summed E-state index contributed by atoms with van der Waals surface area (Å²) in [5.41, 5.74) is 0. The van der Waals surface area contributed by atoms with Crippen LogP contribution in [0, 0.1) is 0 Å². The fourth-order valence-electron chi connectivity index (χ4n) is 1.35. The molecule has 0 aromatic carbocycles. The highest BCUT2D eigenvalue weighted by atomic mass is 16.5. The zero-order valence-electron chi connectivity index (χ0n) is 7.97. The standard InChI is InChI=1S/C8H15NO5/c1-13-4-7(11)9-5-3-14-6(2-10)8(5)12/h5-6,8,10,12H,2-4H2,1H3,(H,9,11)/t5-,6+,8-/m0/s1. The first-order chi connectivity index (χ1) is 6.69. The van der Waals surface area contributed by atoms with Gasteiger partial charge in [-0.2, -0.15) is 0 Å². The molecule has 14 heavy (non-hydrogen) atoms. The first-order valence-electron chi connectivity index (χ1n) is 4.38. The number of hydrogen-bond acceptors (Lipinski definition) is 5. The van der Waals surface area contributed by atoms with Crippen LogP contribution in [0.1, 0.15) is 0 Å². The van der Waals surface area contributed by atoms with Crippen molar-refractivity contribution in [2.45, 2.75) is 18.2 Å². The lowest BCUT2D eigenvalue weighted by Crippen LogP contribution is -2.46. The van der Waals surface area contributed by atoms with E-state index in [-0.39, 0.29) is 25.7 Å². The van der Waals surface area contributed by atoms with E-state index >= 15 is 0 Å². The van der Waals surface area contributed by atoms with Gasteiger partial charge < -0.3 is 25.0 Å². The van der Waals surface area contributed by atoms with Gasteiger partial charge in [0.2, 0.25) is 5.91 Å². The maximum absolute atomic E-state index is 11.1. The van der Waals surface area contributed by atoms with Crippen LogP contribution in [0.3, 0.4) is 0 Å². The van der Waals surface area contributed by atoms with Crippen molar-refractivity contribution in [3.63, 3.8) is 0 Å². The maximum Gasteiger partial charge on any atom is 0.246 e. The van der Waals surface area contributed by atoms with E-state index in [0.29, 0.717) is 0 Å². The lowest BCUT2D eigenvalue weighted by atomic mass is 10.1. The number of nitrogens with one attached hydrogen (secondary N) is 1. The zero-order valence-corrected chi connectivity index (χ0v) is 7.97. The number of carbonyl (C=O) groups excluding carboxylic acids is 1. The first kappa shape index (κ1) is 11.4. The second-order valence-electron chi connectivity index (χ2n) is 3.15. The summed E-state index contributed by atoms with van der Waals surface area (Å²) in [5, 5.41) is 20.8. The van der Waals surface area contributed by atoms with E-state index in [2.05, 4.69) is 10.1 Å². The molecule has 1 fully saturated rings. The fourth-order valence-corrected chi connectivity index (χ4v) is 1.35. The number of ether oxygens (including phenoxy) is 2. The zero-order chi connectivity index (χ0) is 10.6. The van der Waals surface area contributed by atoms with Crippen LogP contribution in [-0.2, 0) is 14.3 Å². The summed E-state index contributed by atoms with van der Waals surface area (Å²) in [6.45, 7) is -0.0906. The van der Waals surface area contributed by atoms with Gasteiger partial charge in [-0.1, -0.05) is 0 Å². The summed E-state index contributed by atoms with van der Waals surface area (Å²) < 4.78 is 9.67. The Bertz CT molecular complexity index is 198. The predicted molar refractivity (Wildman–Crippen MR) is 46.6 cm³/mol. The number of methoxy groups -OCH3 is 1. The molecular formula is C8H15NO5. The molecular weight excluding hydrogens is 190 g/mol. The Morgan fingerprint density at radius 2 is 2.43 bits per heavy atom. The van der Waals surface area contributed by atoms with E-state index in [1.54, 1.807) is 0 Å². The van der Waals surface area contributed by atoms with Gasteiger partial charge in [-0.05, 0) is 0 Å². The molecule has 0 aromatic heterocycles. The summed E-state index contributed by atoms with van der Waals surface area (Å²) in [4.78, 5) is 11.1. The molecule has 0 spiro atoms. The third-order valence-corrected chi connectivity index (χ3v) is 2.08.